The number of esters is 1. The molecule has 1 aromatic rings. The largest absolute Gasteiger partial charge is 0.462 e. The molecular formula is C21H16N2O3. The molecule has 0 fully saturated rings. The molecule has 1 aromatic carbocycles. The molecule has 1 unspecified atom stereocenters. The van der Waals surface area contributed by atoms with E-state index in [0.717, 1.165) is 12.8 Å². The van der Waals surface area contributed by atoms with Gasteiger partial charge >= 0.3 is 5.97 Å². The maximum Gasteiger partial charge on any atom is 0.338 e. The number of nitrogens with zero attached hydrogens (tertiary/aromatic N) is 2. The van der Waals surface area contributed by atoms with Crippen LogP contribution >= 0.6 is 0 Å². The van der Waals surface area contributed by atoms with E-state index in [1.165, 1.54) is 12.2 Å². The molecule has 0 saturated heterocycles. The molecule has 0 aromatic heterocycles. The minimum Gasteiger partial charge on any atom is -0.462 e. The fourth-order valence-corrected chi connectivity index (χ4v) is 3.33. The van der Waals surface area contributed by atoms with Gasteiger partial charge in [-0.15, -0.1) is 0 Å². The third-order valence-corrected chi connectivity index (χ3v) is 4.52. The Bertz CT molecular complexity index is 952. The Balaban J connectivity index is 2.21. The van der Waals surface area contributed by atoms with Gasteiger partial charge in [0.05, 0.1) is 18.1 Å². The van der Waals surface area contributed by atoms with E-state index in [1.807, 2.05) is 19.1 Å². The first-order valence-electron chi connectivity index (χ1n) is 8.41. The monoisotopic (exact) mass is 344 g/mol. The van der Waals surface area contributed by atoms with Crippen molar-refractivity contribution >= 4 is 22.9 Å². The number of carbonyl (C=O) groups is 2. The SMILES string of the molecule is CCCCOC(=O)C1=C2c3ccccc3C(=C(C#N)C#N)C2C(=O)C=C1. The third-order valence-electron chi connectivity index (χ3n) is 4.52. The molecule has 0 radical (unpaired) electrons. The van der Waals surface area contributed by atoms with Crippen LogP contribution in [0.25, 0.3) is 11.1 Å². The number of rotatable bonds is 4. The second-order valence-corrected chi connectivity index (χ2v) is 6.04. The van der Waals surface area contributed by atoms with Crippen molar-refractivity contribution in [3.05, 3.63) is 58.7 Å². The van der Waals surface area contributed by atoms with Crippen molar-refractivity contribution in [2.24, 2.45) is 5.92 Å². The van der Waals surface area contributed by atoms with Gasteiger partial charge in [-0.3, -0.25) is 4.79 Å². The third kappa shape index (κ3) is 2.74. The van der Waals surface area contributed by atoms with Crippen LogP contribution in [0.1, 0.15) is 30.9 Å². The molecule has 0 amide bonds. The van der Waals surface area contributed by atoms with Gasteiger partial charge in [0, 0.05) is 5.57 Å². The van der Waals surface area contributed by atoms with Crippen LogP contribution in [-0.4, -0.2) is 18.4 Å². The molecule has 26 heavy (non-hydrogen) atoms. The standard InChI is InChI=1S/C21H16N2O3/c1-2-3-10-26-21(25)16-8-9-17(24)20-18(13(11-22)12-23)14-6-4-5-7-15(14)19(16)20/h4-9,20H,2-3,10H2,1H3. The summed E-state index contributed by atoms with van der Waals surface area (Å²) in [7, 11) is 0. The lowest BCUT2D eigenvalue weighted by atomic mass is 9.83. The number of allylic oxidation sites excluding steroid dienone is 4. The average Bonchev–Trinajstić information content (AvgIpc) is 3.00. The summed E-state index contributed by atoms with van der Waals surface area (Å²) in [5, 5.41) is 18.7. The van der Waals surface area contributed by atoms with Crippen LogP contribution in [0.5, 0.6) is 0 Å². The maximum absolute atomic E-state index is 12.6. The smallest absolute Gasteiger partial charge is 0.338 e. The van der Waals surface area contributed by atoms with Crippen LogP contribution < -0.4 is 0 Å². The van der Waals surface area contributed by atoms with E-state index in [9.17, 15) is 20.1 Å². The van der Waals surface area contributed by atoms with Gasteiger partial charge in [-0.1, -0.05) is 37.6 Å². The molecule has 0 bridgehead atoms. The number of ketones is 1. The molecule has 0 aliphatic heterocycles. The number of hydrogen-bond donors (Lipinski definition) is 0. The highest BCUT2D eigenvalue weighted by atomic mass is 16.5. The zero-order valence-electron chi connectivity index (χ0n) is 14.3. The first-order valence-corrected chi connectivity index (χ1v) is 8.41. The van der Waals surface area contributed by atoms with Crippen LogP contribution in [0, 0.1) is 28.6 Å². The van der Waals surface area contributed by atoms with E-state index in [0.29, 0.717) is 34.5 Å². The van der Waals surface area contributed by atoms with Gasteiger partial charge < -0.3 is 4.74 Å². The van der Waals surface area contributed by atoms with Crippen molar-refractivity contribution in [1.82, 2.24) is 0 Å². The van der Waals surface area contributed by atoms with Gasteiger partial charge in [-0.05, 0) is 35.3 Å². The predicted octanol–water partition coefficient (Wildman–Crippen LogP) is 3.35. The number of carbonyl (C=O) groups excluding carboxylic acids is 2. The summed E-state index contributed by atoms with van der Waals surface area (Å²) in [6, 6.07) is 10.9. The molecule has 0 N–H and O–H groups in total. The average molecular weight is 344 g/mol. The lowest BCUT2D eigenvalue weighted by molar-refractivity contribution is -0.138. The summed E-state index contributed by atoms with van der Waals surface area (Å²) >= 11 is 0. The van der Waals surface area contributed by atoms with Crippen molar-refractivity contribution in [1.29, 1.82) is 10.5 Å². The molecule has 1 atom stereocenters. The number of nitriles is 2. The van der Waals surface area contributed by atoms with Crippen LogP contribution in [0.4, 0.5) is 0 Å². The number of benzene rings is 1. The topological polar surface area (TPSA) is 90.9 Å². The Hall–Kier alpha value is -3.44. The fraction of sp³-hybridized carbons (Fsp3) is 0.238. The molecular weight excluding hydrogens is 328 g/mol. The first kappa shape index (κ1) is 17.4. The minimum atomic E-state index is -0.819. The Morgan fingerprint density at radius 1 is 1.15 bits per heavy atom. The Morgan fingerprint density at radius 2 is 1.85 bits per heavy atom. The van der Waals surface area contributed by atoms with Gasteiger partial charge in [-0.2, -0.15) is 10.5 Å². The van der Waals surface area contributed by atoms with E-state index in [4.69, 9.17) is 4.74 Å². The number of fused-ring (bicyclic) bond motifs is 3. The number of ether oxygens (including phenoxy) is 1. The lowest BCUT2D eigenvalue weighted by Crippen LogP contribution is -2.20. The highest BCUT2D eigenvalue weighted by Crippen LogP contribution is 2.50. The summed E-state index contributed by atoms with van der Waals surface area (Å²) in [5.74, 6) is -1.56. The Morgan fingerprint density at radius 3 is 2.50 bits per heavy atom. The first-order chi connectivity index (χ1) is 12.6. The highest BCUT2D eigenvalue weighted by Gasteiger charge is 2.42. The van der Waals surface area contributed by atoms with Crippen LogP contribution in [0.3, 0.4) is 0 Å². The summed E-state index contributed by atoms with van der Waals surface area (Å²) in [6.45, 7) is 2.31. The molecule has 0 saturated carbocycles. The highest BCUT2D eigenvalue weighted by molar-refractivity contribution is 6.22. The molecule has 128 valence electrons. The normalized spacial score (nSPS) is 17.3. The lowest BCUT2D eigenvalue weighted by Gasteiger charge is -2.18. The maximum atomic E-state index is 12.6. The van der Waals surface area contributed by atoms with Crippen molar-refractivity contribution in [2.45, 2.75) is 19.8 Å². The van der Waals surface area contributed by atoms with Gasteiger partial charge in [0.25, 0.3) is 0 Å². The second-order valence-electron chi connectivity index (χ2n) is 6.04. The van der Waals surface area contributed by atoms with Crippen molar-refractivity contribution in [3.8, 4) is 12.1 Å². The van der Waals surface area contributed by atoms with Crippen LogP contribution in [-0.2, 0) is 14.3 Å². The van der Waals surface area contributed by atoms with E-state index < -0.39 is 11.9 Å². The van der Waals surface area contributed by atoms with E-state index >= 15 is 0 Å². The van der Waals surface area contributed by atoms with Crippen molar-refractivity contribution in [3.63, 3.8) is 0 Å². The van der Waals surface area contributed by atoms with Gasteiger partial charge in [0.2, 0.25) is 0 Å². The summed E-state index contributed by atoms with van der Waals surface area (Å²) < 4.78 is 5.32. The molecule has 3 rings (SSSR count). The quantitative estimate of drug-likeness (QED) is 0.474. The fourth-order valence-electron chi connectivity index (χ4n) is 3.33. The summed E-state index contributed by atoms with van der Waals surface area (Å²) in [6.07, 6.45) is 4.46. The Labute approximate surface area is 151 Å². The van der Waals surface area contributed by atoms with Gasteiger partial charge in [0.15, 0.2) is 5.78 Å². The summed E-state index contributed by atoms with van der Waals surface area (Å²) in [5.41, 5.74) is 2.42. The van der Waals surface area contributed by atoms with Gasteiger partial charge in [0.1, 0.15) is 17.7 Å². The van der Waals surface area contributed by atoms with E-state index in [2.05, 4.69) is 0 Å². The number of hydrogen-bond acceptors (Lipinski definition) is 5. The predicted molar refractivity (Wildman–Crippen MR) is 95.0 cm³/mol. The van der Waals surface area contributed by atoms with E-state index in [-0.39, 0.29) is 11.4 Å². The second kappa shape index (κ2) is 7.21. The van der Waals surface area contributed by atoms with Gasteiger partial charge in [-0.25, -0.2) is 4.79 Å². The van der Waals surface area contributed by atoms with Crippen LogP contribution in [0.15, 0.2) is 47.6 Å². The van der Waals surface area contributed by atoms with E-state index in [1.54, 1.807) is 24.3 Å². The summed E-state index contributed by atoms with van der Waals surface area (Å²) in [4.78, 5) is 25.2. The number of unbranched alkanes of at least 4 members (excludes halogenated alkanes) is 1. The molecule has 2 aliphatic rings. The zero-order chi connectivity index (χ0) is 18.7. The van der Waals surface area contributed by atoms with Crippen molar-refractivity contribution < 1.29 is 14.3 Å². The van der Waals surface area contributed by atoms with Crippen LogP contribution in [0.2, 0.25) is 0 Å². The minimum absolute atomic E-state index is 0.111. The molecule has 5 nitrogen and oxygen atoms in total. The molecule has 5 heteroatoms. The zero-order valence-corrected chi connectivity index (χ0v) is 14.3. The van der Waals surface area contributed by atoms with Crippen molar-refractivity contribution in [2.75, 3.05) is 6.61 Å². The molecule has 0 heterocycles. The molecule has 0 spiro atoms. The Kier molecular flexibility index (Phi) is 4.82. The molecule has 2 aliphatic carbocycles.